The predicted octanol–water partition coefficient (Wildman–Crippen LogP) is 6.39. The fourth-order valence-electron chi connectivity index (χ4n) is 3.46. The van der Waals surface area contributed by atoms with Crippen molar-refractivity contribution in [2.45, 2.75) is 33.1 Å². The van der Waals surface area contributed by atoms with Crippen LogP contribution in [0.2, 0.25) is 0 Å². The average molecular weight is 444 g/mol. The summed E-state index contributed by atoms with van der Waals surface area (Å²) in [6.07, 6.45) is -1.91. The number of rotatable bonds is 6. The van der Waals surface area contributed by atoms with Gasteiger partial charge in [0.05, 0.1) is 16.8 Å². The van der Waals surface area contributed by atoms with E-state index >= 15 is 0 Å². The molecule has 0 radical (unpaired) electrons. The first-order chi connectivity index (χ1) is 14.7. The van der Waals surface area contributed by atoms with Gasteiger partial charge in [-0.1, -0.05) is 0 Å². The molecule has 31 heavy (non-hydrogen) atoms. The minimum Gasteiger partial charge on any atom is -0.406 e. The van der Waals surface area contributed by atoms with E-state index in [2.05, 4.69) is 9.84 Å². The van der Waals surface area contributed by atoms with Crippen molar-refractivity contribution < 1.29 is 22.7 Å². The Labute approximate surface area is 180 Å². The number of pyridine rings is 1. The number of ether oxygens (including phenoxy) is 1. The Balaban J connectivity index is 1.45. The highest BCUT2D eigenvalue weighted by molar-refractivity contribution is 7.15. The first kappa shape index (κ1) is 21.1. The van der Waals surface area contributed by atoms with Gasteiger partial charge >= 0.3 is 6.36 Å². The lowest BCUT2D eigenvalue weighted by atomic mass is 10.0. The van der Waals surface area contributed by atoms with Crippen molar-refractivity contribution >= 4 is 22.6 Å². The third kappa shape index (κ3) is 4.80. The van der Waals surface area contributed by atoms with Crippen LogP contribution in [0.4, 0.5) is 13.2 Å². The Hall–Kier alpha value is -3.13. The number of thiophene rings is 1. The van der Waals surface area contributed by atoms with Crippen LogP contribution in [0, 0.1) is 13.8 Å². The van der Waals surface area contributed by atoms with Crippen LogP contribution < -0.4 is 4.74 Å². The van der Waals surface area contributed by atoms with Crippen LogP contribution >= 0.6 is 11.3 Å². The molecule has 0 bridgehead atoms. The van der Waals surface area contributed by atoms with Gasteiger partial charge in [0, 0.05) is 22.4 Å². The minimum absolute atomic E-state index is 0.0432. The van der Waals surface area contributed by atoms with Gasteiger partial charge in [0.25, 0.3) is 0 Å². The first-order valence-corrected chi connectivity index (χ1v) is 10.4. The molecule has 8 heteroatoms. The van der Waals surface area contributed by atoms with Crippen molar-refractivity contribution in [3.63, 3.8) is 0 Å². The first-order valence-electron chi connectivity index (χ1n) is 9.63. The van der Waals surface area contributed by atoms with E-state index in [0.717, 1.165) is 26.4 Å². The van der Waals surface area contributed by atoms with Crippen molar-refractivity contribution in [3.8, 4) is 16.2 Å². The molecule has 4 rings (SSSR count). The zero-order valence-electron chi connectivity index (χ0n) is 16.9. The third-order valence-electron chi connectivity index (χ3n) is 4.88. The lowest BCUT2D eigenvalue weighted by Crippen LogP contribution is -2.16. The number of aryl methyl sites for hydroxylation is 3. The molecule has 160 valence electrons. The molecule has 0 saturated heterocycles. The summed E-state index contributed by atoms with van der Waals surface area (Å²) in [5.74, 6) is -0.209. The molecule has 0 amide bonds. The second-order valence-corrected chi connectivity index (χ2v) is 8.42. The molecule has 3 aromatic heterocycles. The van der Waals surface area contributed by atoms with E-state index in [1.807, 2.05) is 44.3 Å². The normalized spacial score (nSPS) is 11.8. The summed E-state index contributed by atoms with van der Waals surface area (Å²) in [6.45, 7) is 3.82. The van der Waals surface area contributed by atoms with Crippen molar-refractivity contribution in [2.24, 2.45) is 0 Å². The number of aromatic nitrogens is 2. The summed E-state index contributed by atoms with van der Waals surface area (Å²) in [5, 5.41) is 4.42. The molecule has 0 spiro atoms. The molecule has 0 saturated carbocycles. The highest BCUT2D eigenvalue weighted by atomic mass is 32.1. The van der Waals surface area contributed by atoms with Crippen LogP contribution in [-0.2, 0) is 6.42 Å². The van der Waals surface area contributed by atoms with Gasteiger partial charge in [-0.05, 0) is 79.9 Å². The van der Waals surface area contributed by atoms with Crippen LogP contribution in [0.15, 0.2) is 54.7 Å². The van der Waals surface area contributed by atoms with Crippen LogP contribution in [0.1, 0.15) is 32.9 Å². The smallest absolute Gasteiger partial charge is 0.406 e. The third-order valence-corrected chi connectivity index (χ3v) is 6.07. The molecule has 0 aliphatic heterocycles. The number of hydrogen-bond donors (Lipinski definition) is 0. The van der Waals surface area contributed by atoms with Gasteiger partial charge in [0.2, 0.25) is 0 Å². The second-order valence-electron chi connectivity index (χ2n) is 7.26. The van der Waals surface area contributed by atoms with Gasteiger partial charge in [0.15, 0.2) is 5.78 Å². The maximum absolute atomic E-state index is 12.9. The van der Waals surface area contributed by atoms with Gasteiger partial charge < -0.3 is 4.74 Å². The second kappa shape index (κ2) is 8.19. The zero-order valence-corrected chi connectivity index (χ0v) is 17.7. The summed E-state index contributed by atoms with van der Waals surface area (Å²) in [5.41, 5.74) is 4.04. The molecule has 4 aromatic rings. The number of alkyl halides is 3. The van der Waals surface area contributed by atoms with Crippen LogP contribution in [0.25, 0.3) is 16.0 Å². The molecule has 0 N–H and O–H groups in total. The molecule has 4 nitrogen and oxygen atoms in total. The van der Waals surface area contributed by atoms with Crippen LogP contribution in [-0.4, -0.2) is 21.8 Å². The summed E-state index contributed by atoms with van der Waals surface area (Å²) < 4.78 is 42.5. The number of ketones is 1. The standard InChI is InChI=1S/C23H19F3N2O2S/c1-14-11-12-28-19(13-14)22(15(2)27-28)20(29)9-7-18-8-10-21(31-18)16-3-5-17(6-4-16)30-23(24,25)26/h3-6,8,10-13H,7,9H2,1-2H3. The highest BCUT2D eigenvalue weighted by Gasteiger charge is 2.31. The Kier molecular flexibility index (Phi) is 5.58. The van der Waals surface area contributed by atoms with E-state index in [-0.39, 0.29) is 11.5 Å². The van der Waals surface area contributed by atoms with E-state index < -0.39 is 6.36 Å². The number of Topliss-reactive ketones (excluding diaryl/α,β-unsaturated/α-hetero) is 1. The quantitative estimate of drug-likeness (QED) is 0.324. The van der Waals surface area contributed by atoms with Gasteiger partial charge in [-0.25, -0.2) is 4.52 Å². The number of carbonyl (C=O) groups is 1. The maximum Gasteiger partial charge on any atom is 0.573 e. The Morgan fingerprint density at radius 2 is 1.84 bits per heavy atom. The molecular weight excluding hydrogens is 425 g/mol. The summed E-state index contributed by atoms with van der Waals surface area (Å²) >= 11 is 1.52. The SMILES string of the molecule is Cc1ccn2nc(C)c(C(=O)CCc3ccc(-c4ccc(OC(F)(F)F)cc4)s3)c2c1. The molecule has 0 aliphatic carbocycles. The lowest BCUT2D eigenvalue weighted by molar-refractivity contribution is -0.274. The summed E-state index contributed by atoms with van der Waals surface area (Å²) in [6, 6.07) is 13.5. The Morgan fingerprint density at radius 1 is 1.10 bits per heavy atom. The topological polar surface area (TPSA) is 43.6 Å². The van der Waals surface area contributed by atoms with Crippen molar-refractivity contribution in [3.05, 3.63) is 76.4 Å². The van der Waals surface area contributed by atoms with Gasteiger partial charge in [-0.2, -0.15) is 5.10 Å². The molecule has 0 fully saturated rings. The van der Waals surface area contributed by atoms with E-state index in [0.29, 0.717) is 24.1 Å². The van der Waals surface area contributed by atoms with Gasteiger partial charge in [-0.3, -0.25) is 4.79 Å². The van der Waals surface area contributed by atoms with Crippen molar-refractivity contribution in [2.75, 3.05) is 0 Å². The fourth-order valence-corrected chi connectivity index (χ4v) is 4.48. The van der Waals surface area contributed by atoms with E-state index in [9.17, 15) is 18.0 Å². The summed E-state index contributed by atoms with van der Waals surface area (Å²) in [4.78, 5) is 14.9. The number of carbonyl (C=O) groups excluding carboxylic acids is 1. The van der Waals surface area contributed by atoms with Crippen molar-refractivity contribution in [1.29, 1.82) is 0 Å². The molecule has 0 unspecified atom stereocenters. The molecule has 0 atom stereocenters. The number of benzene rings is 1. The minimum atomic E-state index is -4.71. The lowest BCUT2D eigenvalue weighted by Gasteiger charge is -2.08. The van der Waals surface area contributed by atoms with Crippen LogP contribution in [0.5, 0.6) is 5.75 Å². The zero-order chi connectivity index (χ0) is 22.2. The maximum atomic E-state index is 12.9. The van der Waals surface area contributed by atoms with E-state index in [4.69, 9.17) is 0 Å². The molecule has 0 aliphatic rings. The Morgan fingerprint density at radius 3 is 2.55 bits per heavy atom. The number of nitrogens with zero attached hydrogens (tertiary/aromatic N) is 2. The molecule has 3 heterocycles. The highest BCUT2D eigenvalue weighted by Crippen LogP contribution is 2.31. The number of halogens is 3. The Bertz CT molecular complexity index is 1240. The van der Waals surface area contributed by atoms with Gasteiger partial charge in [-0.15, -0.1) is 24.5 Å². The fraction of sp³-hybridized carbons (Fsp3) is 0.217. The van der Waals surface area contributed by atoms with Crippen LogP contribution in [0.3, 0.4) is 0 Å². The van der Waals surface area contributed by atoms with Crippen molar-refractivity contribution in [1.82, 2.24) is 9.61 Å². The van der Waals surface area contributed by atoms with E-state index in [1.165, 1.54) is 23.5 Å². The average Bonchev–Trinajstić information content (AvgIpc) is 3.29. The monoisotopic (exact) mass is 444 g/mol. The van der Waals surface area contributed by atoms with Gasteiger partial charge in [0.1, 0.15) is 5.75 Å². The molecular formula is C23H19F3N2O2S. The molecule has 1 aromatic carbocycles. The summed E-state index contributed by atoms with van der Waals surface area (Å²) in [7, 11) is 0. The largest absolute Gasteiger partial charge is 0.573 e. The van der Waals surface area contributed by atoms with E-state index in [1.54, 1.807) is 16.6 Å². The number of hydrogen-bond acceptors (Lipinski definition) is 4. The predicted molar refractivity (Wildman–Crippen MR) is 114 cm³/mol. The number of fused-ring (bicyclic) bond motifs is 1.